The number of rotatable bonds is 3. The van der Waals surface area contributed by atoms with Gasteiger partial charge >= 0.3 is 0 Å². The smallest absolute Gasteiger partial charge is 0.120 e. The Bertz CT molecular complexity index is 545. The van der Waals surface area contributed by atoms with Gasteiger partial charge in [-0.25, -0.2) is 4.68 Å². The molecule has 7 heteroatoms. The van der Waals surface area contributed by atoms with Crippen LogP contribution in [0.15, 0.2) is 12.4 Å². The Labute approximate surface area is 105 Å². The van der Waals surface area contributed by atoms with E-state index in [0.717, 1.165) is 30.0 Å². The molecule has 0 bridgehead atoms. The lowest BCUT2D eigenvalue weighted by atomic mass is 10.1. The first-order valence-electron chi connectivity index (χ1n) is 5.91. The third-order valence-corrected chi connectivity index (χ3v) is 3.14. The van der Waals surface area contributed by atoms with Gasteiger partial charge in [0.05, 0.1) is 31.1 Å². The van der Waals surface area contributed by atoms with Crippen molar-refractivity contribution in [3.63, 3.8) is 0 Å². The van der Waals surface area contributed by atoms with Crippen molar-refractivity contribution >= 4 is 0 Å². The Kier molecular flexibility index (Phi) is 2.85. The summed E-state index contributed by atoms with van der Waals surface area (Å²) < 4.78 is 8.87. The van der Waals surface area contributed by atoms with E-state index in [0.29, 0.717) is 12.6 Å². The number of methoxy groups -OCH3 is 1. The normalized spacial score (nSPS) is 18.9. The fourth-order valence-corrected chi connectivity index (χ4v) is 2.25. The predicted octanol–water partition coefficient (Wildman–Crippen LogP) is -0.203. The van der Waals surface area contributed by atoms with Crippen LogP contribution in [-0.4, -0.2) is 44.5 Å². The maximum Gasteiger partial charge on any atom is 0.120 e. The van der Waals surface area contributed by atoms with Crippen molar-refractivity contribution in [1.82, 2.24) is 30.1 Å². The van der Waals surface area contributed by atoms with Crippen LogP contribution in [0, 0.1) is 0 Å². The standard InChI is InChI=1S/C11H16N6O/c1-16-5-8(3-13-16)11-10-4-12-9(7-18-2)6-17(10)15-14-11/h3,5,9,12H,4,6-7H2,1-2H3. The summed E-state index contributed by atoms with van der Waals surface area (Å²) >= 11 is 0. The Morgan fingerprint density at radius 1 is 1.56 bits per heavy atom. The van der Waals surface area contributed by atoms with E-state index in [4.69, 9.17) is 4.74 Å². The van der Waals surface area contributed by atoms with Gasteiger partial charge in [0, 0.05) is 32.5 Å². The lowest BCUT2D eigenvalue weighted by molar-refractivity contribution is 0.148. The maximum atomic E-state index is 5.15. The van der Waals surface area contributed by atoms with Crippen LogP contribution >= 0.6 is 0 Å². The summed E-state index contributed by atoms with van der Waals surface area (Å²) in [6.07, 6.45) is 3.76. The molecule has 3 heterocycles. The predicted molar refractivity (Wildman–Crippen MR) is 64.7 cm³/mol. The first kappa shape index (κ1) is 11.4. The summed E-state index contributed by atoms with van der Waals surface area (Å²) in [5.74, 6) is 0. The quantitative estimate of drug-likeness (QED) is 0.814. The summed E-state index contributed by atoms with van der Waals surface area (Å²) in [5, 5.41) is 16.1. The summed E-state index contributed by atoms with van der Waals surface area (Å²) in [7, 11) is 3.60. The minimum Gasteiger partial charge on any atom is -0.383 e. The molecule has 2 aromatic rings. The van der Waals surface area contributed by atoms with Crippen molar-refractivity contribution in [3.8, 4) is 11.3 Å². The van der Waals surface area contributed by atoms with E-state index in [-0.39, 0.29) is 0 Å². The fraction of sp³-hybridized carbons (Fsp3) is 0.545. The highest BCUT2D eigenvalue weighted by Gasteiger charge is 2.23. The molecule has 0 radical (unpaired) electrons. The Hall–Kier alpha value is -1.73. The molecule has 1 aliphatic heterocycles. The van der Waals surface area contributed by atoms with Gasteiger partial charge in [-0.15, -0.1) is 5.10 Å². The molecule has 1 atom stereocenters. The van der Waals surface area contributed by atoms with E-state index < -0.39 is 0 Å². The van der Waals surface area contributed by atoms with E-state index in [1.165, 1.54) is 0 Å². The van der Waals surface area contributed by atoms with Gasteiger partial charge in [-0.1, -0.05) is 5.21 Å². The minimum absolute atomic E-state index is 0.297. The Morgan fingerprint density at radius 2 is 2.44 bits per heavy atom. The van der Waals surface area contributed by atoms with Gasteiger partial charge in [0.25, 0.3) is 0 Å². The number of hydrogen-bond donors (Lipinski definition) is 1. The molecule has 0 amide bonds. The van der Waals surface area contributed by atoms with Crippen molar-refractivity contribution < 1.29 is 4.74 Å². The molecule has 1 N–H and O–H groups in total. The summed E-state index contributed by atoms with van der Waals surface area (Å²) in [6, 6.07) is 0.297. The largest absolute Gasteiger partial charge is 0.383 e. The minimum atomic E-state index is 0.297. The van der Waals surface area contributed by atoms with Crippen LogP contribution in [0.5, 0.6) is 0 Å². The van der Waals surface area contributed by atoms with Crippen molar-refractivity contribution in [2.75, 3.05) is 13.7 Å². The second-order valence-corrected chi connectivity index (χ2v) is 4.50. The van der Waals surface area contributed by atoms with Crippen LogP contribution < -0.4 is 5.32 Å². The molecule has 0 fully saturated rings. The van der Waals surface area contributed by atoms with Crippen LogP contribution in [0.1, 0.15) is 5.69 Å². The van der Waals surface area contributed by atoms with Crippen LogP contribution in [0.2, 0.25) is 0 Å². The van der Waals surface area contributed by atoms with E-state index >= 15 is 0 Å². The Morgan fingerprint density at radius 3 is 3.17 bits per heavy atom. The maximum absolute atomic E-state index is 5.15. The zero-order valence-corrected chi connectivity index (χ0v) is 10.5. The number of aryl methyl sites for hydroxylation is 1. The fourth-order valence-electron chi connectivity index (χ4n) is 2.25. The van der Waals surface area contributed by atoms with Gasteiger partial charge in [-0.3, -0.25) is 4.68 Å². The molecule has 7 nitrogen and oxygen atoms in total. The third-order valence-electron chi connectivity index (χ3n) is 3.14. The van der Waals surface area contributed by atoms with Crippen molar-refractivity contribution in [2.24, 2.45) is 7.05 Å². The number of nitrogens with one attached hydrogen (secondary N) is 1. The van der Waals surface area contributed by atoms with Crippen molar-refractivity contribution in [1.29, 1.82) is 0 Å². The van der Waals surface area contributed by atoms with Gasteiger partial charge in [-0.2, -0.15) is 5.10 Å². The zero-order chi connectivity index (χ0) is 12.5. The zero-order valence-electron chi connectivity index (χ0n) is 10.5. The molecular weight excluding hydrogens is 232 g/mol. The highest BCUT2D eigenvalue weighted by molar-refractivity contribution is 5.59. The average molecular weight is 248 g/mol. The van der Waals surface area contributed by atoms with E-state index in [1.54, 1.807) is 11.8 Å². The number of fused-ring (bicyclic) bond motifs is 1. The summed E-state index contributed by atoms with van der Waals surface area (Å²) in [6.45, 7) is 2.23. The second-order valence-electron chi connectivity index (χ2n) is 4.50. The van der Waals surface area contributed by atoms with Gasteiger partial charge in [0.15, 0.2) is 0 Å². The second kappa shape index (κ2) is 4.51. The van der Waals surface area contributed by atoms with Gasteiger partial charge < -0.3 is 10.1 Å². The molecular formula is C11H16N6O. The van der Waals surface area contributed by atoms with Crippen LogP contribution in [0.25, 0.3) is 11.3 Å². The summed E-state index contributed by atoms with van der Waals surface area (Å²) in [4.78, 5) is 0. The van der Waals surface area contributed by atoms with E-state index in [2.05, 4.69) is 20.7 Å². The Balaban J connectivity index is 1.88. The molecule has 96 valence electrons. The third kappa shape index (κ3) is 1.91. The molecule has 3 rings (SSSR count). The van der Waals surface area contributed by atoms with Crippen LogP contribution in [0.3, 0.4) is 0 Å². The number of ether oxygens (including phenoxy) is 1. The van der Waals surface area contributed by atoms with Crippen molar-refractivity contribution in [2.45, 2.75) is 19.1 Å². The molecule has 0 aliphatic carbocycles. The van der Waals surface area contributed by atoms with E-state index in [1.807, 2.05) is 24.1 Å². The lowest BCUT2D eigenvalue weighted by Gasteiger charge is -2.24. The number of aromatic nitrogens is 5. The first-order chi connectivity index (χ1) is 8.78. The summed E-state index contributed by atoms with van der Waals surface area (Å²) in [5.41, 5.74) is 3.02. The molecule has 1 unspecified atom stereocenters. The topological polar surface area (TPSA) is 69.8 Å². The van der Waals surface area contributed by atoms with Crippen molar-refractivity contribution in [3.05, 3.63) is 18.1 Å². The number of hydrogen-bond acceptors (Lipinski definition) is 5. The first-order valence-corrected chi connectivity index (χ1v) is 5.91. The van der Waals surface area contributed by atoms with Gasteiger partial charge in [0.1, 0.15) is 5.69 Å². The lowest BCUT2D eigenvalue weighted by Crippen LogP contribution is -2.42. The SMILES string of the molecule is COCC1Cn2nnc(-c3cnn(C)c3)c2CN1. The highest BCUT2D eigenvalue weighted by atomic mass is 16.5. The molecule has 0 saturated carbocycles. The molecule has 0 aromatic carbocycles. The highest BCUT2D eigenvalue weighted by Crippen LogP contribution is 2.22. The molecule has 18 heavy (non-hydrogen) atoms. The van der Waals surface area contributed by atoms with Crippen LogP contribution in [-0.2, 0) is 24.9 Å². The van der Waals surface area contributed by atoms with E-state index in [9.17, 15) is 0 Å². The average Bonchev–Trinajstić information content (AvgIpc) is 2.95. The van der Waals surface area contributed by atoms with Crippen LogP contribution in [0.4, 0.5) is 0 Å². The van der Waals surface area contributed by atoms with Gasteiger partial charge in [0.2, 0.25) is 0 Å². The molecule has 1 aliphatic rings. The number of nitrogens with zero attached hydrogens (tertiary/aromatic N) is 5. The van der Waals surface area contributed by atoms with Gasteiger partial charge in [-0.05, 0) is 0 Å². The molecule has 0 saturated heterocycles. The molecule has 0 spiro atoms. The monoisotopic (exact) mass is 248 g/mol. The molecule has 2 aromatic heterocycles.